The van der Waals surface area contributed by atoms with Crippen molar-refractivity contribution in [2.45, 2.75) is 38.3 Å². The normalized spacial score (nSPS) is 27.4. The van der Waals surface area contributed by atoms with Gasteiger partial charge in [0.2, 0.25) is 5.95 Å². The molecule has 5 nitrogen and oxygen atoms in total. The van der Waals surface area contributed by atoms with Gasteiger partial charge in [0.05, 0.1) is 23.8 Å². The van der Waals surface area contributed by atoms with Gasteiger partial charge in [0.1, 0.15) is 0 Å². The van der Waals surface area contributed by atoms with Crippen LogP contribution in [0.5, 0.6) is 0 Å². The molecule has 0 unspecified atom stereocenters. The van der Waals surface area contributed by atoms with E-state index in [1.165, 1.54) is 0 Å². The average molecular weight is 290 g/mol. The highest BCUT2D eigenvalue weighted by Gasteiger charge is 2.31. The third kappa shape index (κ3) is 3.80. The Morgan fingerprint density at radius 1 is 1.35 bits per heavy atom. The van der Waals surface area contributed by atoms with Gasteiger partial charge in [-0.05, 0) is 13.8 Å². The van der Waals surface area contributed by atoms with Gasteiger partial charge in [-0.15, -0.1) is 0 Å². The molecule has 0 aromatic carbocycles. The summed E-state index contributed by atoms with van der Waals surface area (Å²) < 4.78 is 42.7. The Labute approximate surface area is 114 Å². The topological polar surface area (TPSA) is 59.1 Å². The summed E-state index contributed by atoms with van der Waals surface area (Å²) in [5.74, 6) is 0.172. The van der Waals surface area contributed by atoms with Gasteiger partial charge in [-0.1, -0.05) is 0 Å². The first-order valence-corrected chi connectivity index (χ1v) is 6.38. The largest absolute Gasteiger partial charge is 0.419 e. The number of hydrogen-bond donors (Lipinski definition) is 2. The van der Waals surface area contributed by atoms with Crippen LogP contribution in [-0.4, -0.2) is 41.3 Å². The quantitative estimate of drug-likeness (QED) is 0.887. The van der Waals surface area contributed by atoms with Crippen molar-refractivity contribution in [3.8, 4) is 0 Å². The van der Waals surface area contributed by atoms with Crippen LogP contribution >= 0.6 is 0 Å². The fourth-order valence-electron chi connectivity index (χ4n) is 2.00. The second-order valence-corrected chi connectivity index (χ2v) is 4.84. The number of anilines is 1. The molecule has 0 spiro atoms. The highest BCUT2D eigenvalue weighted by atomic mass is 19.4. The number of hydrogen-bond acceptors (Lipinski definition) is 5. The minimum absolute atomic E-state index is 0.0145. The predicted molar refractivity (Wildman–Crippen MR) is 67.3 cm³/mol. The first-order chi connectivity index (χ1) is 9.36. The summed E-state index contributed by atoms with van der Waals surface area (Å²) >= 11 is 0. The van der Waals surface area contributed by atoms with E-state index in [9.17, 15) is 13.2 Å². The van der Waals surface area contributed by atoms with Crippen LogP contribution in [0.15, 0.2) is 12.4 Å². The number of nitrogens with zero attached hydrogens (tertiary/aromatic N) is 2. The van der Waals surface area contributed by atoms with Gasteiger partial charge in [0.25, 0.3) is 0 Å². The Hall–Kier alpha value is -1.41. The molecular formula is C12H17F3N4O. The SMILES string of the molecule is C[C@@H]1CN[C@H](CNc2ncc(C(F)(F)F)cn2)[C@H](C)O1. The highest BCUT2D eigenvalue weighted by molar-refractivity contribution is 5.26. The Bertz CT molecular complexity index is 437. The average Bonchev–Trinajstić information content (AvgIpc) is 2.37. The van der Waals surface area contributed by atoms with Gasteiger partial charge >= 0.3 is 6.18 Å². The lowest BCUT2D eigenvalue weighted by atomic mass is 10.1. The molecule has 8 heteroatoms. The minimum Gasteiger partial charge on any atom is -0.373 e. The second-order valence-electron chi connectivity index (χ2n) is 4.84. The van der Waals surface area contributed by atoms with Crippen LogP contribution in [0.3, 0.4) is 0 Å². The second kappa shape index (κ2) is 5.92. The first-order valence-electron chi connectivity index (χ1n) is 6.38. The molecule has 20 heavy (non-hydrogen) atoms. The van der Waals surface area contributed by atoms with E-state index >= 15 is 0 Å². The zero-order chi connectivity index (χ0) is 14.8. The van der Waals surface area contributed by atoms with E-state index < -0.39 is 11.7 Å². The number of alkyl halides is 3. The van der Waals surface area contributed by atoms with E-state index in [0.717, 1.165) is 18.9 Å². The monoisotopic (exact) mass is 290 g/mol. The summed E-state index contributed by atoms with van der Waals surface area (Å²) in [7, 11) is 0. The summed E-state index contributed by atoms with van der Waals surface area (Å²) in [4.78, 5) is 7.32. The maximum Gasteiger partial charge on any atom is 0.419 e. The van der Waals surface area contributed by atoms with Gasteiger partial charge in [-0.25, -0.2) is 9.97 Å². The van der Waals surface area contributed by atoms with Crippen molar-refractivity contribution >= 4 is 5.95 Å². The van der Waals surface area contributed by atoms with Gasteiger partial charge in [-0.2, -0.15) is 13.2 Å². The van der Waals surface area contributed by atoms with Crippen LogP contribution in [0.1, 0.15) is 19.4 Å². The molecule has 1 aromatic rings. The van der Waals surface area contributed by atoms with Crippen molar-refractivity contribution in [2.24, 2.45) is 0 Å². The lowest BCUT2D eigenvalue weighted by Crippen LogP contribution is -2.53. The molecule has 2 heterocycles. The van der Waals surface area contributed by atoms with Crippen LogP contribution in [0.25, 0.3) is 0 Å². The molecule has 0 saturated carbocycles. The summed E-state index contributed by atoms with van der Waals surface area (Å²) in [6.45, 7) is 5.15. The fraction of sp³-hybridized carbons (Fsp3) is 0.667. The third-order valence-electron chi connectivity index (χ3n) is 3.14. The number of aromatic nitrogens is 2. The van der Waals surface area contributed by atoms with Crippen molar-refractivity contribution in [3.63, 3.8) is 0 Å². The van der Waals surface area contributed by atoms with E-state index in [-0.39, 0.29) is 24.2 Å². The van der Waals surface area contributed by atoms with Crippen LogP contribution in [0, 0.1) is 0 Å². The van der Waals surface area contributed by atoms with E-state index in [4.69, 9.17) is 4.74 Å². The molecular weight excluding hydrogens is 273 g/mol. The van der Waals surface area contributed by atoms with Crippen molar-refractivity contribution in [2.75, 3.05) is 18.4 Å². The van der Waals surface area contributed by atoms with Gasteiger partial charge < -0.3 is 15.4 Å². The molecule has 1 saturated heterocycles. The molecule has 1 aliphatic heterocycles. The lowest BCUT2D eigenvalue weighted by Gasteiger charge is -2.34. The number of ether oxygens (including phenoxy) is 1. The van der Waals surface area contributed by atoms with E-state index in [2.05, 4.69) is 20.6 Å². The third-order valence-corrected chi connectivity index (χ3v) is 3.14. The Balaban J connectivity index is 1.88. The standard InChI is InChI=1S/C12H17F3N4O/c1-7-3-16-10(8(2)20-7)6-19-11-17-4-9(5-18-11)12(13,14)15/h4-5,7-8,10,16H,3,6H2,1-2H3,(H,17,18,19)/t7-,8+,10-/m1/s1. The molecule has 0 radical (unpaired) electrons. The Morgan fingerprint density at radius 3 is 2.55 bits per heavy atom. The van der Waals surface area contributed by atoms with E-state index in [1.807, 2.05) is 13.8 Å². The molecule has 2 N–H and O–H groups in total. The van der Waals surface area contributed by atoms with Crippen molar-refractivity contribution < 1.29 is 17.9 Å². The summed E-state index contributed by atoms with van der Waals surface area (Å²) in [6, 6.07) is 0.0668. The van der Waals surface area contributed by atoms with E-state index in [0.29, 0.717) is 6.54 Å². The van der Waals surface area contributed by atoms with Crippen LogP contribution in [0.2, 0.25) is 0 Å². The molecule has 0 amide bonds. The van der Waals surface area contributed by atoms with Gasteiger partial charge in [-0.3, -0.25) is 0 Å². The van der Waals surface area contributed by atoms with Crippen LogP contribution in [0.4, 0.5) is 19.1 Å². The lowest BCUT2D eigenvalue weighted by molar-refractivity contribution is -0.138. The van der Waals surface area contributed by atoms with E-state index in [1.54, 1.807) is 0 Å². The Morgan fingerprint density at radius 2 is 2.00 bits per heavy atom. The molecule has 112 valence electrons. The fourth-order valence-corrected chi connectivity index (χ4v) is 2.00. The van der Waals surface area contributed by atoms with Crippen LogP contribution in [-0.2, 0) is 10.9 Å². The summed E-state index contributed by atoms with van der Waals surface area (Å²) in [5, 5.41) is 6.21. The smallest absolute Gasteiger partial charge is 0.373 e. The van der Waals surface area contributed by atoms with Crippen molar-refractivity contribution in [1.82, 2.24) is 15.3 Å². The summed E-state index contributed by atoms with van der Waals surface area (Å²) in [6.07, 6.45) is -2.71. The molecule has 3 atom stereocenters. The van der Waals surface area contributed by atoms with Gasteiger partial charge in [0, 0.05) is 25.5 Å². The molecule has 1 aromatic heterocycles. The summed E-state index contributed by atoms with van der Waals surface area (Å²) in [5.41, 5.74) is -0.857. The zero-order valence-electron chi connectivity index (χ0n) is 11.2. The number of nitrogens with one attached hydrogen (secondary N) is 2. The van der Waals surface area contributed by atoms with Crippen LogP contribution < -0.4 is 10.6 Å². The molecule has 1 aliphatic rings. The first kappa shape index (κ1) is 15.0. The van der Waals surface area contributed by atoms with Gasteiger partial charge in [0.15, 0.2) is 0 Å². The molecule has 2 rings (SSSR count). The zero-order valence-corrected chi connectivity index (χ0v) is 11.2. The highest BCUT2D eigenvalue weighted by Crippen LogP contribution is 2.27. The van der Waals surface area contributed by atoms with Crippen molar-refractivity contribution in [1.29, 1.82) is 0 Å². The number of morpholine rings is 1. The predicted octanol–water partition coefficient (Wildman–Crippen LogP) is 1.67. The number of halogens is 3. The minimum atomic E-state index is -4.41. The maximum atomic E-state index is 12.4. The maximum absolute atomic E-state index is 12.4. The Kier molecular flexibility index (Phi) is 4.44. The molecule has 0 aliphatic carbocycles. The number of rotatable bonds is 3. The molecule has 0 bridgehead atoms. The molecule has 1 fully saturated rings. The van der Waals surface area contributed by atoms with Crippen molar-refractivity contribution in [3.05, 3.63) is 18.0 Å².